The van der Waals surface area contributed by atoms with Gasteiger partial charge in [-0.05, 0) is 19.3 Å². The SMILES string of the molecule is O=C(O)[C@H]1CC[C@@H]2CCP(=O)(O)N21. The minimum atomic E-state index is -3.30. The van der Waals surface area contributed by atoms with Gasteiger partial charge >= 0.3 is 5.97 Å². The molecular weight excluding hydrogens is 193 g/mol. The second-order valence-electron chi connectivity index (χ2n) is 3.64. The number of carboxylic acids is 1. The van der Waals surface area contributed by atoms with Crippen LogP contribution in [-0.2, 0) is 9.36 Å². The van der Waals surface area contributed by atoms with Crippen LogP contribution in [-0.4, -0.2) is 38.9 Å². The van der Waals surface area contributed by atoms with Gasteiger partial charge in [-0.1, -0.05) is 0 Å². The fraction of sp³-hybridized carbons (Fsp3) is 0.857. The molecule has 0 aromatic carbocycles. The molecule has 2 N–H and O–H groups in total. The third kappa shape index (κ3) is 1.31. The number of nitrogens with zero attached hydrogens (tertiary/aromatic N) is 1. The predicted molar refractivity (Wildman–Crippen MR) is 45.6 cm³/mol. The van der Waals surface area contributed by atoms with Crippen LogP contribution >= 0.6 is 7.52 Å². The lowest BCUT2D eigenvalue weighted by Crippen LogP contribution is -2.34. The fourth-order valence-corrected chi connectivity index (χ4v) is 4.54. The number of fused-ring (bicyclic) bond motifs is 1. The highest BCUT2D eigenvalue weighted by atomic mass is 31.2. The summed E-state index contributed by atoms with van der Waals surface area (Å²) < 4.78 is 12.9. The van der Waals surface area contributed by atoms with E-state index in [-0.39, 0.29) is 12.2 Å². The summed E-state index contributed by atoms with van der Waals surface area (Å²) in [5.74, 6) is -0.973. The molecule has 5 nitrogen and oxygen atoms in total. The maximum absolute atomic E-state index is 11.6. The van der Waals surface area contributed by atoms with E-state index in [4.69, 9.17) is 5.11 Å². The van der Waals surface area contributed by atoms with Crippen molar-refractivity contribution < 1.29 is 19.4 Å². The van der Waals surface area contributed by atoms with Gasteiger partial charge in [0, 0.05) is 12.2 Å². The molecule has 2 rings (SSSR count). The minimum Gasteiger partial charge on any atom is -0.480 e. The van der Waals surface area contributed by atoms with E-state index in [0.717, 1.165) is 6.42 Å². The molecule has 2 aliphatic rings. The molecule has 2 aliphatic heterocycles. The first kappa shape index (κ1) is 9.19. The van der Waals surface area contributed by atoms with E-state index >= 15 is 0 Å². The average Bonchev–Trinajstić information content (AvgIpc) is 2.53. The van der Waals surface area contributed by atoms with Gasteiger partial charge in [0.1, 0.15) is 6.04 Å². The Kier molecular flexibility index (Phi) is 1.98. The van der Waals surface area contributed by atoms with E-state index in [1.165, 1.54) is 4.67 Å². The van der Waals surface area contributed by atoms with Crippen LogP contribution in [0.25, 0.3) is 0 Å². The molecule has 3 atom stereocenters. The van der Waals surface area contributed by atoms with Crippen LogP contribution in [0, 0.1) is 0 Å². The Hall–Kier alpha value is -0.380. The van der Waals surface area contributed by atoms with E-state index in [1.807, 2.05) is 0 Å². The Morgan fingerprint density at radius 3 is 2.69 bits per heavy atom. The standard InChI is InChI=1S/C7H12NO4P/c9-7(10)6-2-1-5-3-4-13(11,12)8(5)6/h5-6H,1-4H2,(H,9,10)(H,11,12)/t5-,6-/m1/s1. The third-order valence-corrected chi connectivity index (χ3v) is 5.03. The summed E-state index contributed by atoms with van der Waals surface area (Å²) >= 11 is 0. The lowest BCUT2D eigenvalue weighted by Gasteiger charge is -2.23. The van der Waals surface area contributed by atoms with E-state index in [0.29, 0.717) is 12.8 Å². The maximum atomic E-state index is 11.6. The van der Waals surface area contributed by atoms with Crippen LogP contribution in [0.5, 0.6) is 0 Å². The van der Waals surface area contributed by atoms with Crippen molar-refractivity contribution in [3.05, 3.63) is 0 Å². The van der Waals surface area contributed by atoms with Crippen molar-refractivity contribution in [3.63, 3.8) is 0 Å². The summed E-state index contributed by atoms with van der Waals surface area (Å²) in [5.41, 5.74) is 0. The summed E-state index contributed by atoms with van der Waals surface area (Å²) in [6.45, 7) is 0. The van der Waals surface area contributed by atoms with Gasteiger partial charge < -0.3 is 10.00 Å². The lowest BCUT2D eigenvalue weighted by atomic mass is 10.1. The first-order valence-corrected chi connectivity index (χ1v) is 6.15. The molecule has 2 heterocycles. The van der Waals surface area contributed by atoms with Crippen molar-refractivity contribution in [1.29, 1.82) is 0 Å². The Labute approximate surface area is 75.9 Å². The summed E-state index contributed by atoms with van der Waals surface area (Å²) in [6, 6.07) is -0.708. The maximum Gasteiger partial charge on any atom is 0.321 e. The zero-order valence-electron chi connectivity index (χ0n) is 7.09. The zero-order valence-corrected chi connectivity index (χ0v) is 7.98. The molecule has 13 heavy (non-hydrogen) atoms. The van der Waals surface area contributed by atoms with E-state index in [1.54, 1.807) is 0 Å². The Morgan fingerprint density at radius 1 is 1.38 bits per heavy atom. The molecule has 0 spiro atoms. The predicted octanol–water partition coefficient (Wildman–Crippen LogP) is 0.493. The summed E-state index contributed by atoms with van der Waals surface area (Å²) in [4.78, 5) is 20.3. The highest BCUT2D eigenvalue weighted by molar-refractivity contribution is 7.55. The summed E-state index contributed by atoms with van der Waals surface area (Å²) in [7, 11) is -3.30. The number of carboxylic acid groups (broad SMARTS) is 1. The highest BCUT2D eigenvalue weighted by Crippen LogP contribution is 2.58. The smallest absolute Gasteiger partial charge is 0.321 e. The monoisotopic (exact) mass is 205 g/mol. The molecule has 0 radical (unpaired) electrons. The van der Waals surface area contributed by atoms with Crippen LogP contribution < -0.4 is 0 Å². The van der Waals surface area contributed by atoms with Crippen LogP contribution in [0.1, 0.15) is 19.3 Å². The molecule has 6 heteroatoms. The van der Waals surface area contributed by atoms with Gasteiger partial charge in [-0.3, -0.25) is 9.36 Å². The van der Waals surface area contributed by atoms with Gasteiger partial charge in [0.05, 0.1) is 0 Å². The van der Waals surface area contributed by atoms with E-state index in [2.05, 4.69) is 0 Å². The molecule has 0 aliphatic carbocycles. The van der Waals surface area contributed by atoms with Crippen molar-refractivity contribution in [3.8, 4) is 0 Å². The quantitative estimate of drug-likeness (QED) is 0.609. The van der Waals surface area contributed by atoms with Crippen molar-refractivity contribution in [2.45, 2.75) is 31.3 Å². The van der Waals surface area contributed by atoms with Gasteiger partial charge in [0.25, 0.3) is 7.52 Å². The number of aliphatic carboxylic acids is 1. The zero-order chi connectivity index (χ0) is 9.64. The minimum absolute atomic E-state index is 0.0249. The Balaban J connectivity index is 2.28. The third-order valence-electron chi connectivity index (χ3n) is 2.87. The van der Waals surface area contributed by atoms with Gasteiger partial charge in [0.2, 0.25) is 0 Å². The molecule has 0 saturated carbocycles. The number of rotatable bonds is 1. The number of hydrogen-bond donors (Lipinski definition) is 2. The molecule has 74 valence electrons. The molecular formula is C7H12NO4P. The number of hydrogen-bond acceptors (Lipinski definition) is 2. The average molecular weight is 205 g/mol. The van der Waals surface area contributed by atoms with Crippen molar-refractivity contribution >= 4 is 13.5 Å². The first-order chi connectivity index (χ1) is 6.02. The van der Waals surface area contributed by atoms with Crippen LogP contribution in [0.4, 0.5) is 0 Å². The van der Waals surface area contributed by atoms with Crippen LogP contribution in [0.15, 0.2) is 0 Å². The van der Waals surface area contributed by atoms with Crippen molar-refractivity contribution in [2.24, 2.45) is 0 Å². The topological polar surface area (TPSA) is 77.8 Å². The molecule has 0 aromatic heterocycles. The molecule has 2 fully saturated rings. The second-order valence-corrected chi connectivity index (χ2v) is 5.88. The lowest BCUT2D eigenvalue weighted by molar-refractivity contribution is -0.141. The molecule has 0 amide bonds. The van der Waals surface area contributed by atoms with Crippen molar-refractivity contribution in [2.75, 3.05) is 6.16 Å². The summed E-state index contributed by atoms with van der Waals surface area (Å²) in [5, 5.41) is 8.82. The first-order valence-electron chi connectivity index (χ1n) is 4.36. The van der Waals surface area contributed by atoms with Gasteiger partial charge in [0.15, 0.2) is 0 Å². The van der Waals surface area contributed by atoms with Crippen molar-refractivity contribution in [1.82, 2.24) is 4.67 Å². The van der Waals surface area contributed by atoms with Gasteiger partial charge in [-0.15, -0.1) is 0 Å². The summed E-state index contributed by atoms with van der Waals surface area (Å²) in [6.07, 6.45) is 2.16. The normalized spacial score (nSPS) is 45.0. The molecule has 2 saturated heterocycles. The van der Waals surface area contributed by atoms with Gasteiger partial charge in [-0.25, -0.2) is 4.67 Å². The largest absolute Gasteiger partial charge is 0.480 e. The second kappa shape index (κ2) is 2.80. The van der Waals surface area contributed by atoms with Crippen LogP contribution in [0.3, 0.4) is 0 Å². The molecule has 0 aromatic rings. The Morgan fingerprint density at radius 2 is 2.08 bits per heavy atom. The van der Waals surface area contributed by atoms with Gasteiger partial charge in [-0.2, -0.15) is 0 Å². The molecule has 1 unspecified atom stereocenters. The number of carbonyl (C=O) groups is 1. The van der Waals surface area contributed by atoms with Crippen LogP contribution in [0.2, 0.25) is 0 Å². The van der Waals surface area contributed by atoms with E-state index in [9.17, 15) is 14.3 Å². The van der Waals surface area contributed by atoms with E-state index < -0.39 is 19.5 Å². The fourth-order valence-electron chi connectivity index (χ4n) is 2.29. The molecule has 0 bridgehead atoms. The Bertz CT molecular complexity index is 292. The highest BCUT2D eigenvalue weighted by Gasteiger charge is 2.51.